The van der Waals surface area contributed by atoms with Gasteiger partial charge in [0, 0.05) is 11.8 Å². The highest BCUT2D eigenvalue weighted by Gasteiger charge is 2.17. The van der Waals surface area contributed by atoms with Crippen LogP contribution in [-0.2, 0) is 0 Å². The third kappa shape index (κ3) is 2.26. The van der Waals surface area contributed by atoms with Gasteiger partial charge >= 0.3 is 0 Å². The Labute approximate surface area is 99.1 Å². The van der Waals surface area contributed by atoms with E-state index in [-0.39, 0.29) is 5.82 Å². The van der Waals surface area contributed by atoms with Crippen LogP contribution in [0.5, 0.6) is 5.75 Å². The summed E-state index contributed by atoms with van der Waals surface area (Å²) in [7, 11) is 1.54. The number of hydrogen-bond acceptors (Lipinski definition) is 3. The number of aromatic nitrogens is 1. The van der Waals surface area contributed by atoms with Gasteiger partial charge in [-0.2, -0.15) is 0 Å². The maximum Gasteiger partial charge on any atom is 0.142 e. The first-order chi connectivity index (χ1) is 8.24. The zero-order chi connectivity index (χ0) is 12.3. The third-order valence-electron chi connectivity index (χ3n) is 2.55. The first-order valence-corrected chi connectivity index (χ1v) is 5.23. The van der Waals surface area contributed by atoms with Crippen LogP contribution in [0.2, 0.25) is 0 Å². The molecule has 0 amide bonds. The van der Waals surface area contributed by atoms with E-state index in [1.807, 2.05) is 0 Å². The number of benzene rings is 1. The topological polar surface area (TPSA) is 48.1 Å². The Bertz CT molecular complexity index is 516. The lowest BCUT2D eigenvalue weighted by Gasteiger charge is -2.15. The summed E-state index contributed by atoms with van der Waals surface area (Å²) in [6.07, 6.45) is 1.61. The molecule has 17 heavy (non-hydrogen) atoms. The van der Waals surface area contributed by atoms with Crippen LogP contribution in [0, 0.1) is 5.82 Å². The Morgan fingerprint density at radius 1 is 1.24 bits per heavy atom. The summed E-state index contributed by atoms with van der Waals surface area (Å²) in [5.41, 5.74) is 6.95. The number of rotatable bonds is 3. The molecule has 2 aromatic rings. The third-order valence-corrected chi connectivity index (χ3v) is 2.55. The molecule has 0 radical (unpaired) electrons. The molecule has 0 bridgehead atoms. The highest BCUT2D eigenvalue weighted by Crippen LogP contribution is 2.27. The molecule has 2 N–H and O–H groups in total. The zero-order valence-corrected chi connectivity index (χ0v) is 9.43. The second kappa shape index (κ2) is 4.93. The predicted octanol–water partition coefficient (Wildman–Crippen LogP) is 2.28. The van der Waals surface area contributed by atoms with E-state index in [1.54, 1.807) is 36.5 Å². The summed E-state index contributed by atoms with van der Waals surface area (Å²) in [5, 5.41) is 0. The maximum absolute atomic E-state index is 13.6. The average Bonchev–Trinajstić information content (AvgIpc) is 2.38. The summed E-state index contributed by atoms with van der Waals surface area (Å²) >= 11 is 0. The summed E-state index contributed by atoms with van der Waals surface area (Å²) in [6, 6.07) is 9.26. The lowest BCUT2D eigenvalue weighted by Crippen LogP contribution is -2.16. The van der Waals surface area contributed by atoms with Gasteiger partial charge < -0.3 is 10.5 Å². The molecule has 1 aromatic heterocycles. The molecule has 4 heteroatoms. The number of halogens is 1. The van der Waals surface area contributed by atoms with Crippen molar-refractivity contribution in [1.29, 1.82) is 0 Å². The largest absolute Gasteiger partial charge is 0.495 e. The minimum absolute atomic E-state index is 0.340. The van der Waals surface area contributed by atoms with E-state index in [0.717, 1.165) is 0 Å². The Balaban J connectivity index is 2.44. The van der Waals surface area contributed by atoms with Crippen molar-refractivity contribution in [2.24, 2.45) is 5.73 Å². The van der Waals surface area contributed by atoms with Crippen LogP contribution in [0.3, 0.4) is 0 Å². The van der Waals surface area contributed by atoms with Crippen LogP contribution >= 0.6 is 0 Å². The van der Waals surface area contributed by atoms with Crippen molar-refractivity contribution in [1.82, 2.24) is 4.98 Å². The predicted molar refractivity (Wildman–Crippen MR) is 63.2 cm³/mol. The van der Waals surface area contributed by atoms with Gasteiger partial charge in [0.25, 0.3) is 0 Å². The highest BCUT2D eigenvalue weighted by atomic mass is 19.1. The summed E-state index contributed by atoms with van der Waals surface area (Å²) < 4.78 is 18.8. The van der Waals surface area contributed by atoms with Crippen molar-refractivity contribution in [3.05, 3.63) is 59.7 Å². The molecule has 0 spiro atoms. The maximum atomic E-state index is 13.6. The van der Waals surface area contributed by atoms with Crippen molar-refractivity contribution in [3.63, 3.8) is 0 Å². The fourth-order valence-corrected chi connectivity index (χ4v) is 1.68. The molecule has 1 aromatic carbocycles. The standard InChI is InChI=1S/C13H13FN2O/c1-17-11-7-4-8-16-13(11)12(15)9-5-2-3-6-10(9)14/h2-8,12H,15H2,1H3. The molecule has 0 aliphatic carbocycles. The van der Waals surface area contributed by atoms with Crippen LogP contribution in [0.4, 0.5) is 4.39 Å². The Morgan fingerprint density at radius 2 is 2.00 bits per heavy atom. The fraction of sp³-hybridized carbons (Fsp3) is 0.154. The van der Waals surface area contributed by atoms with E-state index in [0.29, 0.717) is 17.0 Å². The molecule has 0 saturated heterocycles. The lowest BCUT2D eigenvalue weighted by atomic mass is 10.0. The number of nitrogens with zero attached hydrogens (tertiary/aromatic N) is 1. The molecule has 1 heterocycles. The molecule has 2 rings (SSSR count). The van der Waals surface area contributed by atoms with E-state index >= 15 is 0 Å². The van der Waals surface area contributed by atoms with E-state index < -0.39 is 6.04 Å². The van der Waals surface area contributed by atoms with Crippen molar-refractivity contribution in [3.8, 4) is 5.75 Å². The number of pyridine rings is 1. The van der Waals surface area contributed by atoms with Gasteiger partial charge in [-0.05, 0) is 18.2 Å². The number of methoxy groups -OCH3 is 1. The van der Waals surface area contributed by atoms with Crippen LogP contribution in [-0.4, -0.2) is 12.1 Å². The van der Waals surface area contributed by atoms with Gasteiger partial charge in [0.05, 0.1) is 13.2 Å². The van der Waals surface area contributed by atoms with Gasteiger partial charge in [-0.3, -0.25) is 4.98 Å². The molecule has 88 valence electrons. The minimum Gasteiger partial charge on any atom is -0.495 e. The molecule has 0 saturated carbocycles. The van der Waals surface area contributed by atoms with Crippen molar-refractivity contribution < 1.29 is 9.13 Å². The van der Waals surface area contributed by atoms with Crippen molar-refractivity contribution in [2.75, 3.05) is 7.11 Å². The van der Waals surface area contributed by atoms with Crippen LogP contribution in [0.25, 0.3) is 0 Å². The average molecular weight is 232 g/mol. The van der Waals surface area contributed by atoms with E-state index in [9.17, 15) is 4.39 Å². The first-order valence-electron chi connectivity index (χ1n) is 5.23. The molecule has 0 aliphatic heterocycles. The molecule has 1 unspecified atom stereocenters. The molecule has 0 aliphatic rings. The van der Waals surface area contributed by atoms with E-state index in [2.05, 4.69) is 4.98 Å². The van der Waals surface area contributed by atoms with E-state index in [1.165, 1.54) is 13.2 Å². The quantitative estimate of drug-likeness (QED) is 0.883. The number of ether oxygens (including phenoxy) is 1. The van der Waals surface area contributed by atoms with Gasteiger partial charge in [-0.15, -0.1) is 0 Å². The van der Waals surface area contributed by atoms with Crippen LogP contribution in [0.15, 0.2) is 42.6 Å². The minimum atomic E-state index is -0.632. The van der Waals surface area contributed by atoms with Crippen molar-refractivity contribution in [2.45, 2.75) is 6.04 Å². The van der Waals surface area contributed by atoms with Crippen LogP contribution in [0.1, 0.15) is 17.3 Å². The second-order valence-corrected chi connectivity index (χ2v) is 3.59. The van der Waals surface area contributed by atoms with Crippen molar-refractivity contribution >= 4 is 0 Å². The van der Waals surface area contributed by atoms with Crippen LogP contribution < -0.4 is 10.5 Å². The summed E-state index contributed by atoms with van der Waals surface area (Å²) in [4.78, 5) is 4.15. The van der Waals surface area contributed by atoms with Gasteiger partial charge in [0.1, 0.15) is 17.3 Å². The Kier molecular flexibility index (Phi) is 3.35. The highest BCUT2D eigenvalue weighted by molar-refractivity contribution is 5.36. The number of nitrogens with two attached hydrogens (primary N) is 1. The summed E-state index contributed by atoms with van der Waals surface area (Å²) in [6.45, 7) is 0. The van der Waals surface area contributed by atoms with Gasteiger partial charge in [-0.25, -0.2) is 4.39 Å². The smallest absolute Gasteiger partial charge is 0.142 e. The Morgan fingerprint density at radius 3 is 2.71 bits per heavy atom. The lowest BCUT2D eigenvalue weighted by molar-refractivity contribution is 0.404. The summed E-state index contributed by atoms with van der Waals surface area (Å²) in [5.74, 6) is 0.218. The van der Waals surface area contributed by atoms with Gasteiger partial charge in [0.2, 0.25) is 0 Å². The molecular formula is C13H13FN2O. The SMILES string of the molecule is COc1cccnc1C(N)c1ccccc1F. The monoisotopic (exact) mass is 232 g/mol. The van der Waals surface area contributed by atoms with E-state index in [4.69, 9.17) is 10.5 Å². The van der Waals surface area contributed by atoms with Gasteiger partial charge in [-0.1, -0.05) is 18.2 Å². The molecule has 3 nitrogen and oxygen atoms in total. The zero-order valence-electron chi connectivity index (χ0n) is 9.43. The fourth-order valence-electron chi connectivity index (χ4n) is 1.68. The Hall–Kier alpha value is -1.94. The van der Waals surface area contributed by atoms with Gasteiger partial charge in [0.15, 0.2) is 0 Å². The molecule has 0 fully saturated rings. The number of hydrogen-bond donors (Lipinski definition) is 1. The normalized spacial score (nSPS) is 12.2. The second-order valence-electron chi connectivity index (χ2n) is 3.59. The molecular weight excluding hydrogens is 219 g/mol. The first kappa shape index (κ1) is 11.5. The molecule has 1 atom stereocenters.